The van der Waals surface area contributed by atoms with Gasteiger partial charge in [0.1, 0.15) is 0 Å². The third kappa shape index (κ3) is 3.75. The van der Waals surface area contributed by atoms with E-state index in [0.29, 0.717) is 11.3 Å². The monoisotopic (exact) mass is 266 g/mol. The molecule has 1 fully saturated rings. The van der Waals surface area contributed by atoms with Gasteiger partial charge in [0.2, 0.25) is 0 Å². The lowest BCUT2D eigenvalue weighted by Gasteiger charge is -2.08. The molecule has 98 valence electrons. The summed E-state index contributed by atoms with van der Waals surface area (Å²) in [6.45, 7) is 2.73. The Morgan fingerprint density at radius 3 is 2.72 bits per heavy atom. The summed E-state index contributed by atoms with van der Waals surface area (Å²) in [6.07, 6.45) is 2.08. The van der Waals surface area contributed by atoms with E-state index in [1.54, 1.807) is 12.1 Å². The molecule has 0 radical (unpaired) electrons. The summed E-state index contributed by atoms with van der Waals surface area (Å²) in [4.78, 5) is 11.9. The molecule has 0 aromatic heterocycles. The highest BCUT2D eigenvalue weighted by atomic mass is 32.2. The van der Waals surface area contributed by atoms with E-state index >= 15 is 0 Å². The van der Waals surface area contributed by atoms with Gasteiger partial charge in [-0.05, 0) is 19.8 Å². The number of carbonyl (C=O) groups is 1. The summed E-state index contributed by atoms with van der Waals surface area (Å²) in [6, 6.07) is 7.38. The molecule has 3 nitrogen and oxygen atoms in total. The highest BCUT2D eigenvalue weighted by Gasteiger charge is 2.20. The minimum Gasteiger partial charge on any atom is -0.377 e. The largest absolute Gasteiger partial charge is 0.377 e. The minimum absolute atomic E-state index is 0.0497. The number of carbonyl (C=O) groups excluding carboxylic acids is 1. The molecular formula is C14H18O3S. The van der Waals surface area contributed by atoms with Gasteiger partial charge in [0.25, 0.3) is 0 Å². The van der Waals surface area contributed by atoms with Crippen molar-refractivity contribution in [3.05, 3.63) is 35.4 Å². The molecule has 0 spiro atoms. The SMILES string of the molecule is Cc1ccc(C(=O)CS(=O)CC2CCCO2)cc1. The van der Waals surface area contributed by atoms with Crippen LogP contribution in [0.5, 0.6) is 0 Å². The number of aryl methyl sites for hydroxylation is 1. The van der Waals surface area contributed by atoms with Crippen molar-refractivity contribution in [3.8, 4) is 0 Å². The molecule has 1 heterocycles. The summed E-state index contributed by atoms with van der Waals surface area (Å²) in [5.74, 6) is 0.534. The second-order valence-electron chi connectivity index (χ2n) is 4.68. The Bertz CT molecular complexity index is 433. The van der Waals surface area contributed by atoms with Gasteiger partial charge >= 0.3 is 0 Å². The summed E-state index contributed by atoms with van der Waals surface area (Å²) >= 11 is 0. The van der Waals surface area contributed by atoms with E-state index in [2.05, 4.69) is 0 Å². The van der Waals surface area contributed by atoms with Crippen LogP contribution in [0, 0.1) is 6.92 Å². The van der Waals surface area contributed by atoms with Gasteiger partial charge in [0.15, 0.2) is 5.78 Å². The van der Waals surface area contributed by atoms with E-state index in [4.69, 9.17) is 4.74 Å². The van der Waals surface area contributed by atoms with Crippen molar-refractivity contribution >= 4 is 16.6 Å². The van der Waals surface area contributed by atoms with Crippen LogP contribution in [0.3, 0.4) is 0 Å². The topological polar surface area (TPSA) is 43.4 Å². The van der Waals surface area contributed by atoms with Crippen LogP contribution >= 0.6 is 0 Å². The Labute approximate surface area is 110 Å². The van der Waals surface area contributed by atoms with Gasteiger partial charge in [-0.1, -0.05) is 29.8 Å². The molecule has 1 aromatic rings. The first-order valence-corrected chi connectivity index (χ1v) is 7.70. The van der Waals surface area contributed by atoms with Crippen LogP contribution < -0.4 is 0 Å². The predicted molar refractivity (Wildman–Crippen MR) is 72.4 cm³/mol. The Balaban J connectivity index is 1.86. The molecular weight excluding hydrogens is 248 g/mol. The van der Waals surface area contributed by atoms with Crippen LogP contribution in [0.15, 0.2) is 24.3 Å². The third-order valence-electron chi connectivity index (χ3n) is 3.06. The van der Waals surface area contributed by atoms with E-state index in [-0.39, 0.29) is 17.6 Å². The van der Waals surface area contributed by atoms with Crippen molar-refractivity contribution in [1.29, 1.82) is 0 Å². The minimum atomic E-state index is -1.12. The zero-order valence-corrected chi connectivity index (χ0v) is 11.4. The number of Topliss-reactive ketones (excluding diaryl/α,β-unsaturated/α-hetero) is 1. The highest BCUT2D eigenvalue weighted by molar-refractivity contribution is 7.85. The average molecular weight is 266 g/mol. The zero-order chi connectivity index (χ0) is 13.0. The Morgan fingerprint density at radius 2 is 2.11 bits per heavy atom. The number of benzene rings is 1. The van der Waals surface area contributed by atoms with Crippen LogP contribution in [0.4, 0.5) is 0 Å². The van der Waals surface area contributed by atoms with Crippen molar-refractivity contribution < 1.29 is 13.7 Å². The van der Waals surface area contributed by atoms with Gasteiger partial charge in [0.05, 0.1) is 17.6 Å². The molecule has 0 N–H and O–H groups in total. The van der Waals surface area contributed by atoms with Crippen molar-refractivity contribution in [2.75, 3.05) is 18.1 Å². The van der Waals surface area contributed by atoms with E-state index in [9.17, 15) is 9.00 Å². The molecule has 1 aromatic carbocycles. The van der Waals surface area contributed by atoms with Gasteiger partial charge in [-0.15, -0.1) is 0 Å². The molecule has 18 heavy (non-hydrogen) atoms. The molecule has 1 aliphatic heterocycles. The Morgan fingerprint density at radius 1 is 1.39 bits per heavy atom. The quantitative estimate of drug-likeness (QED) is 0.767. The van der Waals surface area contributed by atoms with Gasteiger partial charge in [-0.3, -0.25) is 9.00 Å². The lowest BCUT2D eigenvalue weighted by Crippen LogP contribution is -2.21. The number of rotatable bonds is 5. The molecule has 0 aliphatic carbocycles. The molecule has 1 saturated heterocycles. The lowest BCUT2D eigenvalue weighted by molar-refractivity contribution is 0.102. The highest BCUT2D eigenvalue weighted by Crippen LogP contribution is 2.13. The number of ether oxygens (including phenoxy) is 1. The maximum atomic E-state index is 11.9. The molecule has 0 saturated carbocycles. The standard InChI is InChI=1S/C14H18O3S/c1-11-4-6-12(7-5-11)14(15)10-18(16)9-13-3-2-8-17-13/h4-7,13H,2-3,8-10H2,1H3. The summed E-state index contributed by atoms with van der Waals surface area (Å²) in [5.41, 5.74) is 1.76. The Kier molecular flexibility index (Phi) is 4.66. The van der Waals surface area contributed by atoms with Crippen LogP contribution in [0.1, 0.15) is 28.8 Å². The predicted octanol–water partition coefficient (Wildman–Crippen LogP) is 2.11. The first-order chi connectivity index (χ1) is 8.65. The van der Waals surface area contributed by atoms with Crippen molar-refractivity contribution in [2.24, 2.45) is 0 Å². The second kappa shape index (κ2) is 6.25. The van der Waals surface area contributed by atoms with Crippen molar-refractivity contribution in [1.82, 2.24) is 0 Å². The van der Waals surface area contributed by atoms with Gasteiger partial charge in [0, 0.05) is 23.0 Å². The van der Waals surface area contributed by atoms with Gasteiger partial charge in [-0.2, -0.15) is 0 Å². The molecule has 2 atom stereocenters. The van der Waals surface area contributed by atoms with Crippen molar-refractivity contribution in [2.45, 2.75) is 25.9 Å². The number of ketones is 1. The summed E-state index contributed by atoms with van der Waals surface area (Å²) < 4.78 is 17.3. The molecule has 0 bridgehead atoms. The van der Waals surface area contributed by atoms with E-state index in [0.717, 1.165) is 25.0 Å². The number of hydrogen-bond donors (Lipinski definition) is 0. The average Bonchev–Trinajstić information content (AvgIpc) is 2.82. The Hall–Kier alpha value is -1.00. The third-order valence-corrected chi connectivity index (χ3v) is 4.39. The fraction of sp³-hybridized carbons (Fsp3) is 0.500. The van der Waals surface area contributed by atoms with E-state index < -0.39 is 10.8 Å². The molecule has 4 heteroatoms. The first kappa shape index (κ1) is 13.4. The molecule has 2 unspecified atom stereocenters. The maximum absolute atomic E-state index is 11.9. The van der Waals surface area contributed by atoms with E-state index in [1.165, 1.54) is 0 Å². The fourth-order valence-corrected chi connectivity index (χ4v) is 3.27. The molecule has 2 rings (SSSR count). The summed E-state index contributed by atoms with van der Waals surface area (Å²) in [5, 5.41) is 0. The van der Waals surface area contributed by atoms with Gasteiger partial charge in [-0.25, -0.2) is 0 Å². The second-order valence-corrected chi connectivity index (χ2v) is 6.18. The van der Waals surface area contributed by atoms with E-state index in [1.807, 2.05) is 19.1 Å². The van der Waals surface area contributed by atoms with Crippen LogP contribution in [-0.4, -0.2) is 34.2 Å². The smallest absolute Gasteiger partial charge is 0.175 e. The molecule has 1 aliphatic rings. The van der Waals surface area contributed by atoms with Crippen LogP contribution in [0.25, 0.3) is 0 Å². The van der Waals surface area contributed by atoms with Crippen LogP contribution in [0.2, 0.25) is 0 Å². The fourth-order valence-electron chi connectivity index (χ4n) is 2.01. The lowest BCUT2D eigenvalue weighted by atomic mass is 10.1. The van der Waals surface area contributed by atoms with Crippen molar-refractivity contribution in [3.63, 3.8) is 0 Å². The van der Waals surface area contributed by atoms with Gasteiger partial charge < -0.3 is 4.74 Å². The maximum Gasteiger partial charge on any atom is 0.175 e. The zero-order valence-electron chi connectivity index (χ0n) is 10.6. The first-order valence-electron chi connectivity index (χ1n) is 6.21. The summed E-state index contributed by atoms with van der Waals surface area (Å²) in [7, 11) is -1.12. The van der Waals surface area contributed by atoms with Crippen LogP contribution in [-0.2, 0) is 15.5 Å². The number of hydrogen-bond acceptors (Lipinski definition) is 3. The molecule has 0 amide bonds. The normalized spacial score (nSPS) is 20.8.